The SMILES string of the molecule is Nc1cccc(C(=O)n2cc(CCCC(=O)O)c3cc(Cl)ccc32)c1. The molecule has 0 saturated heterocycles. The molecule has 6 heteroatoms. The number of benzene rings is 2. The van der Waals surface area contributed by atoms with Gasteiger partial charge in [0.25, 0.3) is 5.91 Å². The molecule has 1 aromatic heterocycles. The molecule has 0 aliphatic carbocycles. The lowest BCUT2D eigenvalue weighted by Crippen LogP contribution is -2.11. The van der Waals surface area contributed by atoms with Crippen LogP contribution in [0, 0.1) is 0 Å². The Balaban J connectivity index is 2.03. The van der Waals surface area contributed by atoms with Crippen LogP contribution in [0.25, 0.3) is 10.9 Å². The first-order chi connectivity index (χ1) is 12.0. The van der Waals surface area contributed by atoms with E-state index in [4.69, 9.17) is 22.4 Å². The summed E-state index contributed by atoms with van der Waals surface area (Å²) in [5, 5.41) is 10.3. The van der Waals surface area contributed by atoms with E-state index in [2.05, 4.69) is 0 Å². The van der Waals surface area contributed by atoms with Crippen LogP contribution in [0.2, 0.25) is 5.02 Å². The number of hydrogen-bond acceptors (Lipinski definition) is 3. The van der Waals surface area contributed by atoms with Crippen molar-refractivity contribution in [3.05, 3.63) is 64.8 Å². The normalized spacial score (nSPS) is 10.9. The fraction of sp³-hybridized carbons (Fsp3) is 0.158. The summed E-state index contributed by atoms with van der Waals surface area (Å²) in [5.74, 6) is -1.03. The number of carboxylic acid groups (broad SMARTS) is 1. The van der Waals surface area contributed by atoms with Crippen LogP contribution in [0.4, 0.5) is 5.69 Å². The van der Waals surface area contributed by atoms with E-state index >= 15 is 0 Å². The summed E-state index contributed by atoms with van der Waals surface area (Å²) in [7, 11) is 0. The van der Waals surface area contributed by atoms with Crippen molar-refractivity contribution in [3.8, 4) is 0 Å². The van der Waals surface area contributed by atoms with E-state index in [-0.39, 0.29) is 12.3 Å². The van der Waals surface area contributed by atoms with E-state index < -0.39 is 5.97 Å². The number of rotatable bonds is 5. The predicted octanol–water partition coefficient (Wildman–Crippen LogP) is 3.97. The minimum absolute atomic E-state index is 0.0798. The van der Waals surface area contributed by atoms with Gasteiger partial charge in [0.1, 0.15) is 0 Å². The molecule has 0 amide bonds. The van der Waals surface area contributed by atoms with Crippen molar-refractivity contribution < 1.29 is 14.7 Å². The van der Waals surface area contributed by atoms with Crippen LogP contribution in [0.1, 0.15) is 28.8 Å². The van der Waals surface area contributed by atoms with Crippen molar-refractivity contribution in [2.75, 3.05) is 5.73 Å². The van der Waals surface area contributed by atoms with Gasteiger partial charge in [0.15, 0.2) is 0 Å². The highest BCUT2D eigenvalue weighted by Crippen LogP contribution is 2.27. The summed E-state index contributed by atoms with van der Waals surface area (Å²) in [6.45, 7) is 0. The minimum atomic E-state index is -0.836. The summed E-state index contributed by atoms with van der Waals surface area (Å²) >= 11 is 6.10. The topological polar surface area (TPSA) is 85.3 Å². The quantitative estimate of drug-likeness (QED) is 0.677. The standard InChI is InChI=1S/C19H17ClN2O3/c20-14-7-8-17-16(10-14)13(4-2-6-18(23)24)11-22(17)19(25)12-3-1-5-15(21)9-12/h1,3,5,7-11H,2,4,6,21H2,(H,23,24). The van der Waals surface area contributed by atoms with E-state index in [0.717, 1.165) is 16.5 Å². The first kappa shape index (κ1) is 17.0. The van der Waals surface area contributed by atoms with Crippen molar-refractivity contribution in [2.24, 2.45) is 0 Å². The molecule has 3 aromatic rings. The van der Waals surface area contributed by atoms with Crippen molar-refractivity contribution in [1.29, 1.82) is 0 Å². The number of hydrogen-bond donors (Lipinski definition) is 2. The molecule has 0 bridgehead atoms. The van der Waals surface area contributed by atoms with E-state index in [1.165, 1.54) is 0 Å². The van der Waals surface area contributed by atoms with Gasteiger partial charge in [-0.1, -0.05) is 17.7 Å². The Morgan fingerprint density at radius 3 is 2.68 bits per heavy atom. The monoisotopic (exact) mass is 356 g/mol. The molecule has 0 aliphatic heterocycles. The molecule has 0 radical (unpaired) electrons. The fourth-order valence-corrected chi connectivity index (χ4v) is 3.05. The number of carbonyl (C=O) groups is 2. The van der Waals surface area contributed by atoms with Crippen LogP contribution >= 0.6 is 11.6 Å². The maximum atomic E-state index is 12.9. The second-order valence-corrected chi connectivity index (χ2v) is 6.30. The first-order valence-corrected chi connectivity index (χ1v) is 8.25. The van der Waals surface area contributed by atoms with Crippen molar-refractivity contribution in [2.45, 2.75) is 19.3 Å². The van der Waals surface area contributed by atoms with Gasteiger partial charge in [0, 0.05) is 34.3 Å². The maximum absolute atomic E-state index is 12.9. The molecule has 3 rings (SSSR count). The summed E-state index contributed by atoms with van der Waals surface area (Å²) in [5.41, 5.74) is 8.42. The molecular formula is C19H17ClN2O3. The Kier molecular flexibility index (Phi) is 4.76. The minimum Gasteiger partial charge on any atom is -0.481 e. The van der Waals surface area contributed by atoms with Gasteiger partial charge >= 0.3 is 5.97 Å². The summed E-state index contributed by atoms with van der Waals surface area (Å²) in [6, 6.07) is 12.1. The smallest absolute Gasteiger partial charge is 0.303 e. The third-order valence-corrected chi connectivity index (χ3v) is 4.27. The lowest BCUT2D eigenvalue weighted by Gasteiger charge is -2.05. The molecule has 1 heterocycles. The summed E-state index contributed by atoms with van der Waals surface area (Å²) < 4.78 is 1.57. The van der Waals surface area contributed by atoms with Crippen LogP contribution < -0.4 is 5.73 Å². The second kappa shape index (κ2) is 6.99. The zero-order valence-electron chi connectivity index (χ0n) is 13.4. The Bertz CT molecular complexity index is 962. The number of carbonyl (C=O) groups excluding carboxylic acids is 1. The largest absolute Gasteiger partial charge is 0.481 e. The number of nitrogen functional groups attached to an aromatic ring is 1. The third-order valence-electron chi connectivity index (χ3n) is 4.04. The molecule has 2 aromatic carbocycles. The van der Waals surface area contributed by atoms with Crippen molar-refractivity contribution in [1.82, 2.24) is 4.57 Å². The van der Waals surface area contributed by atoms with Gasteiger partial charge in [-0.15, -0.1) is 0 Å². The van der Waals surface area contributed by atoms with Gasteiger partial charge in [-0.25, -0.2) is 0 Å². The molecular weight excluding hydrogens is 340 g/mol. The number of halogens is 1. The predicted molar refractivity (Wildman–Crippen MR) is 98.1 cm³/mol. The summed E-state index contributed by atoms with van der Waals surface area (Å²) in [4.78, 5) is 23.6. The van der Waals surface area contributed by atoms with Gasteiger partial charge < -0.3 is 10.8 Å². The summed E-state index contributed by atoms with van der Waals surface area (Å²) in [6.07, 6.45) is 2.89. The maximum Gasteiger partial charge on any atom is 0.303 e. The fourth-order valence-electron chi connectivity index (χ4n) is 2.88. The second-order valence-electron chi connectivity index (χ2n) is 5.86. The molecule has 25 heavy (non-hydrogen) atoms. The number of aromatic nitrogens is 1. The molecule has 0 unspecified atom stereocenters. The number of nitrogens with zero attached hydrogens (tertiary/aromatic N) is 1. The Morgan fingerprint density at radius 1 is 1.16 bits per heavy atom. The number of aryl methyl sites for hydroxylation is 1. The molecule has 128 valence electrons. The number of carboxylic acids is 1. The Labute approximate surface area is 149 Å². The zero-order valence-corrected chi connectivity index (χ0v) is 14.2. The van der Waals surface area contributed by atoms with Crippen molar-refractivity contribution in [3.63, 3.8) is 0 Å². The molecule has 0 spiro atoms. The van der Waals surface area contributed by atoms with E-state index in [1.807, 2.05) is 0 Å². The van der Waals surface area contributed by atoms with Crippen LogP contribution in [0.5, 0.6) is 0 Å². The highest BCUT2D eigenvalue weighted by atomic mass is 35.5. The van der Waals surface area contributed by atoms with Gasteiger partial charge in [-0.05, 0) is 54.8 Å². The van der Waals surface area contributed by atoms with E-state index in [9.17, 15) is 9.59 Å². The average molecular weight is 357 g/mol. The number of aliphatic carboxylic acids is 1. The molecule has 3 N–H and O–H groups in total. The van der Waals surface area contributed by atoms with Crippen LogP contribution in [0.3, 0.4) is 0 Å². The van der Waals surface area contributed by atoms with Crippen LogP contribution in [0.15, 0.2) is 48.7 Å². The number of nitrogens with two attached hydrogens (primary N) is 1. The number of anilines is 1. The lowest BCUT2D eigenvalue weighted by molar-refractivity contribution is -0.137. The highest BCUT2D eigenvalue weighted by molar-refractivity contribution is 6.31. The molecule has 0 atom stereocenters. The van der Waals surface area contributed by atoms with E-state index in [1.54, 1.807) is 53.2 Å². The third kappa shape index (κ3) is 3.67. The average Bonchev–Trinajstić information content (AvgIpc) is 2.92. The number of fused-ring (bicyclic) bond motifs is 1. The van der Waals surface area contributed by atoms with E-state index in [0.29, 0.717) is 29.1 Å². The van der Waals surface area contributed by atoms with Gasteiger partial charge in [0.2, 0.25) is 0 Å². The lowest BCUT2D eigenvalue weighted by atomic mass is 10.1. The van der Waals surface area contributed by atoms with Gasteiger partial charge in [-0.3, -0.25) is 14.2 Å². The van der Waals surface area contributed by atoms with Crippen LogP contribution in [-0.4, -0.2) is 21.6 Å². The first-order valence-electron chi connectivity index (χ1n) is 7.87. The Morgan fingerprint density at radius 2 is 1.96 bits per heavy atom. The highest BCUT2D eigenvalue weighted by Gasteiger charge is 2.16. The van der Waals surface area contributed by atoms with Gasteiger partial charge in [-0.2, -0.15) is 0 Å². The van der Waals surface area contributed by atoms with Crippen molar-refractivity contribution >= 4 is 40.1 Å². The molecule has 0 saturated carbocycles. The van der Waals surface area contributed by atoms with Crippen LogP contribution in [-0.2, 0) is 11.2 Å². The molecule has 0 aliphatic rings. The molecule has 5 nitrogen and oxygen atoms in total. The zero-order chi connectivity index (χ0) is 18.0. The molecule has 0 fully saturated rings. The Hall–Kier alpha value is -2.79. The van der Waals surface area contributed by atoms with Gasteiger partial charge in [0.05, 0.1) is 5.52 Å².